The van der Waals surface area contributed by atoms with E-state index in [-0.39, 0.29) is 0 Å². The SMILES string of the molecule is CN1CCN(CC2(C)CCNC2)CC1(C)C. The van der Waals surface area contributed by atoms with Gasteiger partial charge in [-0.25, -0.2) is 0 Å². The summed E-state index contributed by atoms with van der Waals surface area (Å²) < 4.78 is 0. The van der Waals surface area contributed by atoms with E-state index in [9.17, 15) is 0 Å². The number of hydrogen-bond donors (Lipinski definition) is 1. The first-order valence-electron chi connectivity index (χ1n) is 6.56. The van der Waals surface area contributed by atoms with E-state index in [0.29, 0.717) is 11.0 Å². The molecule has 1 atom stereocenters. The number of rotatable bonds is 2. The highest BCUT2D eigenvalue weighted by Gasteiger charge is 2.36. The van der Waals surface area contributed by atoms with Crippen LogP contribution in [0.2, 0.25) is 0 Å². The summed E-state index contributed by atoms with van der Waals surface area (Å²) in [5, 5.41) is 3.49. The van der Waals surface area contributed by atoms with Gasteiger partial charge in [-0.2, -0.15) is 0 Å². The molecular weight excluding hydrogens is 198 g/mol. The fraction of sp³-hybridized carbons (Fsp3) is 1.00. The molecular formula is C13H27N3. The van der Waals surface area contributed by atoms with Crippen molar-refractivity contribution in [3.63, 3.8) is 0 Å². The first-order valence-corrected chi connectivity index (χ1v) is 6.56. The first-order chi connectivity index (χ1) is 7.41. The summed E-state index contributed by atoms with van der Waals surface area (Å²) >= 11 is 0. The van der Waals surface area contributed by atoms with Gasteiger partial charge in [0.25, 0.3) is 0 Å². The molecule has 0 aromatic heterocycles. The maximum atomic E-state index is 3.49. The second kappa shape index (κ2) is 4.28. The van der Waals surface area contributed by atoms with Crippen LogP contribution < -0.4 is 5.32 Å². The van der Waals surface area contributed by atoms with Crippen molar-refractivity contribution in [2.45, 2.75) is 32.7 Å². The van der Waals surface area contributed by atoms with Crippen molar-refractivity contribution in [2.75, 3.05) is 46.3 Å². The van der Waals surface area contributed by atoms with E-state index >= 15 is 0 Å². The van der Waals surface area contributed by atoms with Crippen LogP contribution in [0.5, 0.6) is 0 Å². The normalized spacial score (nSPS) is 36.8. The molecule has 2 rings (SSSR count). The van der Waals surface area contributed by atoms with Crippen LogP contribution in [0.1, 0.15) is 27.2 Å². The number of hydrogen-bond acceptors (Lipinski definition) is 3. The standard InChI is InChI=1S/C13H27N3/c1-12(2)10-16(8-7-15(12)4)11-13(3)5-6-14-9-13/h14H,5-11H2,1-4H3. The summed E-state index contributed by atoms with van der Waals surface area (Å²) in [6, 6.07) is 0. The molecule has 1 N–H and O–H groups in total. The second-order valence-corrected chi connectivity index (χ2v) is 6.68. The molecule has 3 nitrogen and oxygen atoms in total. The van der Waals surface area contributed by atoms with E-state index in [1.807, 2.05) is 0 Å². The van der Waals surface area contributed by atoms with Crippen LogP contribution in [0.15, 0.2) is 0 Å². The van der Waals surface area contributed by atoms with Gasteiger partial charge >= 0.3 is 0 Å². The van der Waals surface area contributed by atoms with Crippen LogP contribution in [0.25, 0.3) is 0 Å². The van der Waals surface area contributed by atoms with E-state index in [0.717, 1.165) is 0 Å². The van der Waals surface area contributed by atoms with Crippen molar-refractivity contribution in [2.24, 2.45) is 5.41 Å². The zero-order valence-corrected chi connectivity index (χ0v) is 11.3. The van der Waals surface area contributed by atoms with Gasteiger partial charge in [-0.1, -0.05) is 6.92 Å². The Labute approximate surface area is 100 Å². The van der Waals surface area contributed by atoms with Gasteiger partial charge in [0, 0.05) is 38.3 Å². The van der Waals surface area contributed by atoms with Gasteiger partial charge in [0.05, 0.1) is 0 Å². The average molecular weight is 225 g/mol. The number of piperazine rings is 1. The van der Waals surface area contributed by atoms with E-state index < -0.39 is 0 Å². The van der Waals surface area contributed by atoms with Gasteiger partial charge < -0.3 is 5.32 Å². The number of nitrogens with zero attached hydrogens (tertiary/aromatic N) is 2. The minimum absolute atomic E-state index is 0.334. The highest BCUT2D eigenvalue weighted by molar-refractivity contribution is 4.93. The Morgan fingerprint density at radius 2 is 1.94 bits per heavy atom. The summed E-state index contributed by atoms with van der Waals surface area (Å²) in [5.41, 5.74) is 0.840. The van der Waals surface area contributed by atoms with Crippen LogP contribution in [-0.4, -0.2) is 61.7 Å². The van der Waals surface area contributed by atoms with E-state index in [1.54, 1.807) is 0 Å². The molecule has 2 saturated heterocycles. The Hall–Kier alpha value is -0.120. The predicted molar refractivity (Wildman–Crippen MR) is 68.7 cm³/mol. The van der Waals surface area contributed by atoms with Gasteiger partial charge in [0.15, 0.2) is 0 Å². The fourth-order valence-electron chi connectivity index (χ4n) is 3.02. The van der Waals surface area contributed by atoms with Gasteiger partial charge in [-0.15, -0.1) is 0 Å². The molecule has 0 aliphatic carbocycles. The average Bonchev–Trinajstić information content (AvgIpc) is 2.58. The molecule has 0 bridgehead atoms. The van der Waals surface area contributed by atoms with Crippen LogP contribution >= 0.6 is 0 Å². The molecule has 0 amide bonds. The molecule has 0 saturated carbocycles. The third kappa shape index (κ3) is 2.58. The number of likely N-dealkylation sites (N-methyl/N-ethyl adjacent to an activating group) is 1. The van der Waals surface area contributed by atoms with Gasteiger partial charge in [-0.3, -0.25) is 9.80 Å². The van der Waals surface area contributed by atoms with Crippen LogP contribution in [0, 0.1) is 5.41 Å². The van der Waals surface area contributed by atoms with Crippen molar-refractivity contribution in [3.05, 3.63) is 0 Å². The zero-order valence-electron chi connectivity index (χ0n) is 11.3. The van der Waals surface area contributed by atoms with Crippen LogP contribution in [-0.2, 0) is 0 Å². The third-order valence-electron chi connectivity index (χ3n) is 4.46. The topological polar surface area (TPSA) is 18.5 Å². The maximum Gasteiger partial charge on any atom is 0.0277 e. The molecule has 16 heavy (non-hydrogen) atoms. The van der Waals surface area contributed by atoms with Crippen molar-refractivity contribution in [1.82, 2.24) is 15.1 Å². The minimum atomic E-state index is 0.334. The summed E-state index contributed by atoms with van der Waals surface area (Å²) in [4.78, 5) is 5.14. The smallest absolute Gasteiger partial charge is 0.0277 e. The van der Waals surface area contributed by atoms with Gasteiger partial charge in [0.2, 0.25) is 0 Å². The lowest BCUT2D eigenvalue weighted by molar-refractivity contribution is 0.0219. The highest BCUT2D eigenvalue weighted by Crippen LogP contribution is 2.28. The molecule has 2 heterocycles. The Morgan fingerprint density at radius 3 is 2.50 bits per heavy atom. The Balaban J connectivity index is 1.91. The Kier molecular flexibility index (Phi) is 3.30. The molecule has 1 unspecified atom stereocenters. The maximum absolute atomic E-state index is 3.49. The summed E-state index contributed by atoms with van der Waals surface area (Å²) in [6.45, 7) is 14.4. The Bertz CT molecular complexity index is 244. The predicted octanol–water partition coefficient (Wildman–Crippen LogP) is 1.01. The third-order valence-corrected chi connectivity index (χ3v) is 4.46. The van der Waals surface area contributed by atoms with E-state index in [2.05, 4.69) is 42.9 Å². The van der Waals surface area contributed by atoms with Crippen LogP contribution in [0.3, 0.4) is 0 Å². The lowest BCUT2D eigenvalue weighted by atomic mass is 9.88. The highest BCUT2D eigenvalue weighted by atomic mass is 15.3. The molecule has 2 aliphatic heterocycles. The van der Waals surface area contributed by atoms with Crippen molar-refractivity contribution in [1.29, 1.82) is 0 Å². The van der Waals surface area contributed by atoms with E-state index in [4.69, 9.17) is 0 Å². The molecule has 2 aliphatic rings. The number of nitrogens with one attached hydrogen (secondary N) is 1. The quantitative estimate of drug-likeness (QED) is 0.757. The van der Waals surface area contributed by atoms with Crippen molar-refractivity contribution in [3.8, 4) is 0 Å². The minimum Gasteiger partial charge on any atom is -0.316 e. The molecule has 3 heteroatoms. The lowest BCUT2D eigenvalue weighted by Gasteiger charge is -2.47. The van der Waals surface area contributed by atoms with Gasteiger partial charge in [0.1, 0.15) is 0 Å². The van der Waals surface area contributed by atoms with Crippen molar-refractivity contribution < 1.29 is 0 Å². The summed E-state index contributed by atoms with van der Waals surface area (Å²) in [5.74, 6) is 0. The zero-order chi connectivity index (χ0) is 11.8. The summed E-state index contributed by atoms with van der Waals surface area (Å²) in [7, 11) is 2.25. The second-order valence-electron chi connectivity index (χ2n) is 6.68. The molecule has 0 radical (unpaired) electrons. The van der Waals surface area contributed by atoms with Crippen LogP contribution in [0.4, 0.5) is 0 Å². The van der Waals surface area contributed by atoms with Crippen molar-refractivity contribution >= 4 is 0 Å². The molecule has 0 aromatic rings. The Morgan fingerprint density at radius 1 is 1.19 bits per heavy atom. The van der Waals surface area contributed by atoms with E-state index in [1.165, 1.54) is 45.7 Å². The molecule has 0 aromatic carbocycles. The molecule has 0 spiro atoms. The molecule has 94 valence electrons. The summed E-state index contributed by atoms with van der Waals surface area (Å²) in [6.07, 6.45) is 1.33. The lowest BCUT2D eigenvalue weighted by Crippen LogP contribution is -2.59. The fourth-order valence-corrected chi connectivity index (χ4v) is 3.02. The molecule has 2 fully saturated rings. The van der Waals surface area contributed by atoms with Gasteiger partial charge in [-0.05, 0) is 39.3 Å². The monoisotopic (exact) mass is 225 g/mol. The largest absolute Gasteiger partial charge is 0.316 e. The first kappa shape index (κ1) is 12.3.